The Morgan fingerprint density at radius 2 is 1.72 bits per heavy atom. The van der Waals surface area contributed by atoms with Crippen LogP contribution in [0.3, 0.4) is 0 Å². The molecule has 2 heterocycles. The van der Waals surface area contributed by atoms with Crippen molar-refractivity contribution in [2.75, 3.05) is 0 Å². The fourth-order valence-electron chi connectivity index (χ4n) is 10.1. The minimum Gasteiger partial charge on any atom is -0.462 e. The molecule has 0 unspecified atom stereocenters. The average molecular weight is 507 g/mol. The number of ether oxygens (including phenoxy) is 1. The van der Waals surface area contributed by atoms with Gasteiger partial charge in [0.05, 0.1) is 6.10 Å². The monoisotopic (exact) mass is 506 g/mol. The maximum Gasteiger partial charge on any atom is 0.302 e. The molecule has 206 valence electrons. The molecule has 0 aromatic carbocycles. The molecule has 2 saturated heterocycles. The van der Waals surface area contributed by atoms with Gasteiger partial charge in [0, 0.05) is 18.8 Å². The first kappa shape index (κ1) is 26.9. The fraction of sp³-hybridized carbons (Fsp3) is 0.967. The molecule has 2 bridgehead atoms. The predicted molar refractivity (Wildman–Crippen MR) is 137 cm³/mol. The number of rotatable bonds is 6. The van der Waals surface area contributed by atoms with Crippen LogP contribution in [0.25, 0.3) is 0 Å². The van der Waals surface area contributed by atoms with Gasteiger partial charge in [0.2, 0.25) is 0 Å². The van der Waals surface area contributed by atoms with Gasteiger partial charge in [0.25, 0.3) is 0 Å². The van der Waals surface area contributed by atoms with Gasteiger partial charge in [-0.05, 0) is 80.0 Å². The summed E-state index contributed by atoms with van der Waals surface area (Å²) in [4.78, 5) is 24.4. The van der Waals surface area contributed by atoms with Crippen LogP contribution in [-0.4, -0.2) is 45.2 Å². The summed E-state index contributed by atoms with van der Waals surface area (Å²) in [7, 11) is 0. The molecular formula is C30H50O6. The van der Waals surface area contributed by atoms with Gasteiger partial charge in [0.15, 0.2) is 0 Å². The largest absolute Gasteiger partial charge is 0.462 e. The van der Waals surface area contributed by atoms with E-state index in [2.05, 4.69) is 41.5 Å². The van der Waals surface area contributed by atoms with Crippen LogP contribution in [0.4, 0.5) is 0 Å². The molecule has 6 aliphatic rings. The topological polar surface area (TPSA) is 85.2 Å². The Kier molecular flexibility index (Phi) is 6.47. The molecule has 6 fully saturated rings. The Morgan fingerprint density at radius 1 is 1.00 bits per heavy atom. The highest BCUT2D eigenvalue weighted by molar-refractivity contribution is 5.66. The summed E-state index contributed by atoms with van der Waals surface area (Å²) in [6.45, 7) is 15.3. The predicted octanol–water partition coefficient (Wildman–Crippen LogP) is 5.58. The summed E-state index contributed by atoms with van der Waals surface area (Å²) >= 11 is 0. The lowest BCUT2D eigenvalue weighted by Gasteiger charge is -2.76. The summed E-state index contributed by atoms with van der Waals surface area (Å²) in [6.07, 6.45) is 7.28. The minimum absolute atomic E-state index is 0.0991. The first-order chi connectivity index (χ1) is 16.8. The Hall–Kier alpha value is -0.690. The van der Waals surface area contributed by atoms with E-state index in [-0.39, 0.29) is 23.4 Å². The van der Waals surface area contributed by atoms with E-state index in [4.69, 9.17) is 14.5 Å². The Balaban J connectivity index is 1.44. The van der Waals surface area contributed by atoms with Crippen molar-refractivity contribution in [2.24, 2.45) is 40.4 Å². The molecule has 2 N–H and O–H groups in total. The second-order valence-corrected chi connectivity index (χ2v) is 14.4. The number of carbonyl (C=O) groups is 1. The van der Waals surface area contributed by atoms with E-state index in [9.17, 15) is 15.0 Å². The van der Waals surface area contributed by atoms with Crippen LogP contribution in [0.5, 0.6) is 0 Å². The highest BCUT2D eigenvalue weighted by Gasteiger charge is 2.85. The van der Waals surface area contributed by atoms with Gasteiger partial charge in [-0.15, -0.1) is 0 Å². The lowest BCUT2D eigenvalue weighted by atomic mass is 9.37. The molecule has 2 aliphatic heterocycles. The van der Waals surface area contributed by atoms with Gasteiger partial charge >= 0.3 is 5.97 Å². The molecule has 11 atom stereocenters. The Labute approximate surface area is 217 Å². The van der Waals surface area contributed by atoms with E-state index in [0.717, 1.165) is 19.3 Å². The molecule has 6 nitrogen and oxygen atoms in total. The van der Waals surface area contributed by atoms with Crippen molar-refractivity contribution in [1.82, 2.24) is 0 Å². The first-order valence-electron chi connectivity index (χ1n) is 14.7. The summed E-state index contributed by atoms with van der Waals surface area (Å²) in [5.74, 6) is 2.33. The van der Waals surface area contributed by atoms with Crippen LogP contribution in [0.15, 0.2) is 0 Å². The van der Waals surface area contributed by atoms with Crippen LogP contribution in [0.2, 0.25) is 0 Å². The summed E-state index contributed by atoms with van der Waals surface area (Å²) < 4.78 is 5.58. The van der Waals surface area contributed by atoms with Crippen molar-refractivity contribution in [3.8, 4) is 0 Å². The zero-order valence-corrected chi connectivity index (χ0v) is 23.6. The van der Waals surface area contributed by atoms with Crippen LogP contribution >= 0.6 is 0 Å². The van der Waals surface area contributed by atoms with Gasteiger partial charge in [-0.2, -0.15) is 0 Å². The van der Waals surface area contributed by atoms with E-state index in [1.54, 1.807) is 0 Å². The molecule has 2 spiro atoms. The molecule has 36 heavy (non-hydrogen) atoms. The Bertz CT molecular complexity index is 864. The maximum absolute atomic E-state index is 12.7. The SMILES string of the molecule is CC(=O)O[C@@H]1CC[C@]2(C)[C@@]3(CC[C@]4(OO3)[C@@H]3CC[C@H]([C@H](C)CC[C@H](C)C(C)C)[C@@]3(C)C[C@@H](O)[C@]24O)C1. The minimum atomic E-state index is -1.38. The number of hydrogen-bond acceptors (Lipinski definition) is 6. The highest BCUT2D eigenvalue weighted by Crippen LogP contribution is 2.76. The van der Waals surface area contributed by atoms with Crippen molar-refractivity contribution in [2.45, 2.75) is 142 Å². The van der Waals surface area contributed by atoms with Gasteiger partial charge < -0.3 is 14.9 Å². The van der Waals surface area contributed by atoms with Crippen molar-refractivity contribution < 1.29 is 29.5 Å². The third-order valence-electron chi connectivity index (χ3n) is 12.6. The zero-order chi connectivity index (χ0) is 26.3. The molecule has 4 saturated carbocycles. The highest BCUT2D eigenvalue weighted by atomic mass is 17.2. The number of aliphatic hydroxyl groups excluding tert-OH is 1. The molecule has 0 amide bonds. The third kappa shape index (κ3) is 3.32. The first-order valence-corrected chi connectivity index (χ1v) is 14.7. The smallest absolute Gasteiger partial charge is 0.302 e. The molecule has 0 radical (unpaired) electrons. The maximum atomic E-state index is 12.7. The van der Waals surface area contributed by atoms with E-state index in [1.165, 1.54) is 19.8 Å². The van der Waals surface area contributed by atoms with E-state index >= 15 is 0 Å². The molecule has 0 aromatic rings. The van der Waals surface area contributed by atoms with Crippen LogP contribution < -0.4 is 0 Å². The number of aliphatic hydroxyl groups is 2. The van der Waals surface area contributed by atoms with Crippen molar-refractivity contribution in [1.29, 1.82) is 0 Å². The Morgan fingerprint density at radius 3 is 2.33 bits per heavy atom. The van der Waals surface area contributed by atoms with Crippen molar-refractivity contribution in [3.63, 3.8) is 0 Å². The van der Waals surface area contributed by atoms with Crippen LogP contribution in [-0.2, 0) is 19.3 Å². The number of hydrogen-bond donors (Lipinski definition) is 2. The zero-order valence-electron chi connectivity index (χ0n) is 23.6. The molecule has 6 heteroatoms. The van der Waals surface area contributed by atoms with Crippen molar-refractivity contribution >= 4 is 5.97 Å². The molecular weight excluding hydrogens is 456 g/mol. The lowest BCUT2D eigenvalue weighted by Crippen LogP contribution is -2.87. The average Bonchev–Trinajstić information content (AvgIpc) is 3.15. The standard InChI is InChI=1S/C30H50O6/c1-18(2)19(3)8-9-20(4)23-10-11-24-26(23,6)17-25(32)30(33)27(7)13-12-22(34-21(5)31)16-28(27)14-15-29(24,30)36-35-28/h18-20,22-25,32-33H,8-17H2,1-7H3/t19-,20+,22+,23+,24+,25+,26+,27+,28+,29-,30-/m0/s1. The van der Waals surface area contributed by atoms with Crippen LogP contribution in [0, 0.1) is 40.4 Å². The normalized spacial score (nSPS) is 51.3. The fourth-order valence-corrected chi connectivity index (χ4v) is 10.1. The van der Waals surface area contributed by atoms with Gasteiger partial charge in [-0.3, -0.25) is 4.79 Å². The van der Waals surface area contributed by atoms with Crippen molar-refractivity contribution in [3.05, 3.63) is 0 Å². The van der Waals surface area contributed by atoms with E-state index in [1.807, 2.05) is 0 Å². The number of esters is 1. The number of fused-ring (bicyclic) bond motifs is 3. The summed E-state index contributed by atoms with van der Waals surface area (Å²) in [5.41, 5.74) is -3.80. The van der Waals surface area contributed by atoms with Gasteiger partial charge in [-0.25, -0.2) is 9.78 Å². The van der Waals surface area contributed by atoms with Crippen LogP contribution in [0.1, 0.15) is 113 Å². The second kappa shape index (κ2) is 8.66. The second-order valence-electron chi connectivity index (χ2n) is 14.4. The number of carbonyl (C=O) groups excluding carboxylic acids is 1. The van der Waals surface area contributed by atoms with E-state index in [0.29, 0.717) is 55.8 Å². The molecule has 0 aromatic heterocycles. The molecule has 6 rings (SSSR count). The lowest BCUT2D eigenvalue weighted by molar-refractivity contribution is -0.569. The summed E-state index contributed by atoms with van der Waals surface area (Å²) in [5, 5.41) is 24.6. The van der Waals surface area contributed by atoms with Gasteiger partial charge in [-0.1, -0.05) is 54.4 Å². The quantitative estimate of drug-likeness (QED) is 0.361. The van der Waals surface area contributed by atoms with Gasteiger partial charge in [0.1, 0.15) is 22.9 Å². The van der Waals surface area contributed by atoms with E-state index < -0.39 is 28.3 Å². The third-order valence-corrected chi connectivity index (χ3v) is 12.6. The summed E-state index contributed by atoms with van der Waals surface area (Å²) in [6, 6.07) is 0. The molecule has 4 aliphatic carbocycles.